The first-order valence-corrected chi connectivity index (χ1v) is 13.4. The van der Waals surface area contributed by atoms with E-state index in [1.54, 1.807) is 7.05 Å². The molecule has 1 aromatic rings. The summed E-state index contributed by atoms with van der Waals surface area (Å²) in [7, 11) is -0.378. The third-order valence-corrected chi connectivity index (χ3v) is 11.7. The molecule has 5 nitrogen and oxygen atoms in total. The molecule has 2 atom stereocenters. The fourth-order valence-electron chi connectivity index (χ4n) is 4.03. The van der Waals surface area contributed by atoms with Crippen LogP contribution >= 0.6 is 15.9 Å². The van der Waals surface area contributed by atoms with E-state index in [0.717, 1.165) is 22.0 Å². The van der Waals surface area contributed by atoms with Crippen molar-refractivity contribution in [2.45, 2.75) is 64.2 Å². The molecule has 28 heavy (non-hydrogen) atoms. The largest absolute Gasteiger partial charge is 0.416 e. The number of benzene rings is 1. The minimum Gasteiger partial charge on any atom is -0.416 e. The minimum absolute atomic E-state index is 0.121. The number of carbonyl (C=O) groups is 2. The van der Waals surface area contributed by atoms with Gasteiger partial charge in [0.25, 0.3) is 5.91 Å². The topological polar surface area (TPSA) is 58.6 Å². The van der Waals surface area contributed by atoms with E-state index in [9.17, 15) is 9.59 Å². The van der Waals surface area contributed by atoms with Crippen LogP contribution in [0.15, 0.2) is 22.7 Å². The SMILES string of the molecule is CN1C(=O)NC2(CC(C)(CO[Si](C)(C)C(C)(C)C)Cc3ccc(Br)cc32)C1=O. The van der Waals surface area contributed by atoms with E-state index in [2.05, 4.69) is 68.1 Å². The zero-order valence-electron chi connectivity index (χ0n) is 17.9. The van der Waals surface area contributed by atoms with Crippen LogP contribution in [0.25, 0.3) is 0 Å². The van der Waals surface area contributed by atoms with Crippen LogP contribution in [0.4, 0.5) is 4.79 Å². The molecule has 1 aliphatic heterocycles. The van der Waals surface area contributed by atoms with Crippen LogP contribution in [0.3, 0.4) is 0 Å². The molecule has 1 fully saturated rings. The van der Waals surface area contributed by atoms with E-state index < -0.39 is 13.9 Å². The number of urea groups is 1. The highest BCUT2D eigenvalue weighted by Crippen LogP contribution is 2.49. The van der Waals surface area contributed by atoms with Crippen molar-refractivity contribution < 1.29 is 14.0 Å². The molecule has 154 valence electrons. The van der Waals surface area contributed by atoms with Crippen LogP contribution < -0.4 is 5.32 Å². The summed E-state index contributed by atoms with van der Waals surface area (Å²) in [5.74, 6) is -0.185. The third-order valence-electron chi connectivity index (χ3n) is 6.72. The molecule has 1 N–H and O–H groups in total. The normalized spacial score (nSPS) is 27.9. The average Bonchev–Trinajstić information content (AvgIpc) is 2.78. The van der Waals surface area contributed by atoms with Gasteiger partial charge in [0.15, 0.2) is 8.32 Å². The lowest BCUT2D eigenvalue weighted by molar-refractivity contribution is -0.132. The molecule has 0 saturated carbocycles. The summed E-state index contributed by atoms with van der Waals surface area (Å²) in [6.45, 7) is 13.9. The summed E-state index contributed by atoms with van der Waals surface area (Å²) in [5.41, 5.74) is 0.730. The fourth-order valence-corrected chi connectivity index (χ4v) is 5.54. The summed E-state index contributed by atoms with van der Waals surface area (Å²) in [5, 5.41) is 3.13. The van der Waals surface area contributed by atoms with Gasteiger partial charge in [-0.2, -0.15) is 0 Å². The predicted molar refractivity (Wildman–Crippen MR) is 117 cm³/mol. The number of hydrogen-bond acceptors (Lipinski definition) is 3. The standard InChI is InChI=1S/C21H31BrN2O3Si/c1-19(2,3)28(6,7)27-13-20(4)11-14-8-9-15(22)10-16(14)21(12-20)17(25)24(5)18(26)23-21/h8-10H,11-13H2,1-7H3,(H,23,26). The lowest BCUT2D eigenvalue weighted by atomic mass is 9.64. The number of nitrogens with zero attached hydrogens (tertiary/aromatic N) is 1. The number of likely N-dealkylation sites (N-methyl/N-ethyl adjacent to an activating group) is 1. The van der Waals surface area contributed by atoms with Gasteiger partial charge in [-0.3, -0.25) is 9.69 Å². The van der Waals surface area contributed by atoms with Crippen LogP contribution in [0.5, 0.6) is 0 Å². The smallest absolute Gasteiger partial charge is 0.325 e. The maximum absolute atomic E-state index is 13.2. The Kier molecular flexibility index (Phi) is 5.13. The number of carbonyl (C=O) groups excluding carboxylic acids is 2. The monoisotopic (exact) mass is 466 g/mol. The summed E-state index contributed by atoms with van der Waals surface area (Å²) < 4.78 is 7.46. The van der Waals surface area contributed by atoms with Crippen LogP contribution in [0.1, 0.15) is 45.2 Å². The van der Waals surface area contributed by atoms with Crippen LogP contribution in [-0.4, -0.2) is 38.8 Å². The number of imide groups is 1. The highest BCUT2D eigenvalue weighted by atomic mass is 79.9. The second-order valence-electron chi connectivity index (χ2n) is 10.2. The Labute approximate surface area is 177 Å². The molecule has 2 aliphatic rings. The molecule has 3 rings (SSSR count). The van der Waals surface area contributed by atoms with E-state index in [0.29, 0.717) is 13.0 Å². The lowest BCUT2D eigenvalue weighted by Gasteiger charge is -2.46. The molecule has 1 aromatic carbocycles. The van der Waals surface area contributed by atoms with Gasteiger partial charge in [0.05, 0.1) is 0 Å². The van der Waals surface area contributed by atoms with Crippen molar-refractivity contribution in [1.82, 2.24) is 10.2 Å². The van der Waals surface area contributed by atoms with Crippen LogP contribution in [0.2, 0.25) is 18.1 Å². The Balaban J connectivity index is 2.00. The molecule has 0 aromatic heterocycles. The summed E-state index contributed by atoms with van der Waals surface area (Å²) >= 11 is 3.52. The van der Waals surface area contributed by atoms with E-state index in [1.807, 2.05) is 12.1 Å². The van der Waals surface area contributed by atoms with Gasteiger partial charge in [-0.15, -0.1) is 0 Å². The van der Waals surface area contributed by atoms with Crippen molar-refractivity contribution >= 4 is 36.2 Å². The highest BCUT2D eigenvalue weighted by Gasteiger charge is 2.57. The quantitative estimate of drug-likeness (QED) is 0.513. The maximum atomic E-state index is 13.2. The van der Waals surface area contributed by atoms with Crippen LogP contribution in [0, 0.1) is 5.41 Å². The molecular weight excluding hydrogens is 436 g/mol. The Morgan fingerprint density at radius 2 is 1.93 bits per heavy atom. The fraction of sp³-hybridized carbons (Fsp3) is 0.619. The predicted octanol–water partition coefficient (Wildman–Crippen LogP) is 4.80. The van der Waals surface area contributed by atoms with Crippen molar-refractivity contribution in [3.05, 3.63) is 33.8 Å². The number of amides is 3. The first-order valence-electron chi connectivity index (χ1n) is 9.74. The van der Waals surface area contributed by atoms with Gasteiger partial charge in [0.2, 0.25) is 0 Å². The number of fused-ring (bicyclic) bond motifs is 2. The highest BCUT2D eigenvalue weighted by molar-refractivity contribution is 9.10. The minimum atomic E-state index is -1.92. The summed E-state index contributed by atoms with van der Waals surface area (Å²) in [4.78, 5) is 26.8. The molecule has 1 aliphatic carbocycles. The number of halogens is 1. The third kappa shape index (κ3) is 3.46. The zero-order valence-corrected chi connectivity index (χ0v) is 20.5. The van der Waals surface area contributed by atoms with Crippen molar-refractivity contribution in [3.8, 4) is 0 Å². The molecule has 1 heterocycles. The first-order chi connectivity index (χ1) is 12.7. The summed E-state index contributed by atoms with van der Waals surface area (Å²) in [6, 6.07) is 5.69. The van der Waals surface area contributed by atoms with Crippen molar-refractivity contribution in [2.24, 2.45) is 5.41 Å². The van der Waals surface area contributed by atoms with Crippen molar-refractivity contribution in [1.29, 1.82) is 0 Å². The van der Waals surface area contributed by atoms with Crippen molar-refractivity contribution in [2.75, 3.05) is 13.7 Å². The summed E-state index contributed by atoms with van der Waals surface area (Å²) in [6.07, 6.45) is 1.35. The van der Waals surface area contributed by atoms with Gasteiger partial charge in [-0.25, -0.2) is 4.79 Å². The molecule has 1 saturated heterocycles. The number of nitrogens with one attached hydrogen (secondary N) is 1. The van der Waals surface area contributed by atoms with E-state index in [-0.39, 0.29) is 22.4 Å². The van der Waals surface area contributed by atoms with Gasteiger partial charge < -0.3 is 9.74 Å². The van der Waals surface area contributed by atoms with Gasteiger partial charge in [0.1, 0.15) is 5.54 Å². The number of rotatable bonds is 3. The van der Waals surface area contributed by atoms with Gasteiger partial charge >= 0.3 is 6.03 Å². The van der Waals surface area contributed by atoms with Gasteiger partial charge in [-0.1, -0.05) is 49.7 Å². The second-order valence-corrected chi connectivity index (χ2v) is 15.9. The van der Waals surface area contributed by atoms with E-state index in [4.69, 9.17) is 4.43 Å². The Morgan fingerprint density at radius 1 is 1.29 bits per heavy atom. The molecule has 0 radical (unpaired) electrons. The number of hydrogen-bond donors (Lipinski definition) is 1. The molecule has 1 spiro atoms. The Hall–Kier alpha value is -1.18. The maximum Gasteiger partial charge on any atom is 0.325 e. The van der Waals surface area contributed by atoms with Gasteiger partial charge in [-0.05, 0) is 59.6 Å². The van der Waals surface area contributed by atoms with Crippen molar-refractivity contribution in [3.63, 3.8) is 0 Å². The second kappa shape index (κ2) is 6.67. The Bertz CT molecular complexity index is 835. The van der Waals surface area contributed by atoms with E-state index in [1.165, 1.54) is 4.90 Å². The molecule has 2 unspecified atom stereocenters. The molecule has 3 amide bonds. The Morgan fingerprint density at radius 3 is 2.46 bits per heavy atom. The first kappa shape index (κ1) is 21.5. The van der Waals surface area contributed by atoms with Crippen LogP contribution in [-0.2, 0) is 21.2 Å². The molecule has 7 heteroatoms. The zero-order chi connectivity index (χ0) is 21.1. The van der Waals surface area contributed by atoms with E-state index >= 15 is 0 Å². The van der Waals surface area contributed by atoms with Gasteiger partial charge in [0, 0.05) is 18.1 Å². The lowest BCUT2D eigenvalue weighted by Crippen LogP contribution is -2.54. The average molecular weight is 467 g/mol. The molecular formula is C21H31BrN2O3Si. The molecule has 0 bridgehead atoms.